The number of rotatable bonds is 69. The summed E-state index contributed by atoms with van der Waals surface area (Å²) in [6.45, 7) is 4.99. The first-order chi connectivity index (χ1) is 39.0. The highest BCUT2D eigenvalue weighted by Gasteiger charge is 2.20. The van der Waals surface area contributed by atoms with Crippen LogP contribution in [0.2, 0.25) is 0 Å². The number of aliphatic hydroxyl groups is 2. The van der Waals surface area contributed by atoms with E-state index < -0.39 is 12.1 Å². The molecular weight excluding hydrogens is 971 g/mol. The molecule has 3 N–H and O–H groups in total. The predicted octanol–water partition coefficient (Wildman–Crippen LogP) is 23.5. The van der Waals surface area contributed by atoms with Crippen LogP contribution in [-0.4, -0.2) is 47.4 Å². The molecule has 0 fully saturated rings. The lowest BCUT2D eigenvalue weighted by Crippen LogP contribution is -2.45. The molecule has 0 aliphatic carbocycles. The Kier molecular flexibility index (Phi) is 67.9. The van der Waals surface area contributed by atoms with E-state index in [1.165, 1.54) is 347 Å². The van der Waals surface area contributed by atoms with Crippen molar-refractivity contribution in [2.45, 2.75) is 431 Å². The number of ether oxygens (including phenoxy) is 1. The molecule has 0 aliphatic rings. The smallest absolute Gasteiger partial charge is 0.305 e. The van der Waals surface area contributed by atoms with Crippen molar-refractivity contribution in [1.82, 2.24) is 5.32 Å². The summed E-state index contributed by atoms with van der Waals surface area (Å²) in [5, 5.41) is 23.3. The molecule has 6 nitrogen and oxygen atoms in total. The average Bonchev–Trinajstić information content (AvgIpc) is 3.45. The summed E-state index contributed by atoms with van der Waals surface area (Å²) in [6.07, 6.45) is 85.7. The van der Waals surface area contributed by atoms with Gasteiger partial charge in [0.1, 0.15) is 0 Å². The number of amides is 1. The molecule has 0 saturated heterocycles. The van der Waals surface area contributed by atoms with Gasteiger partial charge in [0.2, 0.25) is 5.91 Å². The van der Waals surface area contributed by atoms with E-state index in [1.54, 1.807) is 0 Å². The van der Waals surface area contributed by atoms with E-state index >= 15 is 0 Å². The van der Waals surface area contributed by atoms with Crippen molar-refractivity contribution >= 4 is 11.9 Å². The van der Waals surface area contributed by atoms with Gasteiger partial charge in [0, 0.05) is 12.8 Å². The SMILES string of the molecule is CCCCCCCCCCCCCCCCC(=O)OCCCCCCCCCCCCCCCC/C=C\CCCCCCCCCCCCCCCCCCCC(=O)NC(CO)C(O)CCCCCCCCCCCCCCC. The fraction of sp³-hybridized carbons (Fsp3) is 0.945. The number of nitrogens with one attached hydrogen (secondary N) is 1. The molecule has 2 unspecified atom stereocenters. The second-order valence-electron chi connectivity index (χ2n) is 25.3. The van der Waals surface area contributed by atoms with E-state index in [9.17, 15) is 19.8 Å². The first-order valence-electron chi connectivity index (χ1n) is 36.4. The second kappa shape index (κ2) is 69.1. The van der Waals surface area contributed by atoms with Crippen molar-refractivity contribution in [1.29, 1.82) is 0 Å². The van der Waals surface area contributed by atoms with Crippen LogP contribution in [0.4, 0.5) is 0 Å². The van der Waals surface area contributed by atoms with Crippen LogP contribution < -0.4 is 5.32 Å². The number of carbonyl (C=O) groups excluding carboxylic acids is 2. The number of hydrogen-bond acceptors (Lipinski definition) is 5. The van der Waals surface area contributed by atoms with Crippen LogP contribution >= 0.6 is 0 Å². The monoisotopic (exact) mass is 1110 g/mol. The molecular formula is C73H143NO5. The van der Waals surface area contributed by atoms with Gasteiger partial charge in [-0.15, -0.1) is 0 Å². The van der Waals surface area contributed by atoms with Crippen LogP contribution in [0.3, 0.4) is 0 Å². The zero-order chi connectivity index (χ0) is 57.1. The minimum atomic E-state index is -0.660. The van der Waals surface area contributed by atoms with Gasteiger partial charge in [-0.05, 0) is 51.4 Å². The van der Waals surface area contributed by atoms with Crippen molar-refractivity contribution in [3.8, 4) is 0 Å². The Balaban J connectivity index is 3.31. The Morgan fingerprint density at radius 3 is 0.899 bits per heavy atom. The molecule has 6 heteroatoms. The molecule has 470 valence electrons. The number of esters is 1. The molecule has 0 saturated carbocycles. The first-order valence-corrected chi connectivity index (χ1v) is 36.4. The third-order valence-electron chi connectivity index (χ3n) is 17.3. The Morgan fingerprint density at radius 2 is 0.595 bits per heavy atom. The Hall–Kier alpha value is -1.40. The van der Waals surface area contributed by atoms with Crippen molar-refractivity contribution < 1.29 is 24.5 Å². The molecule has 0 aliphatic heterocycles. The first kappa shape index (κ1) is 77.6. The molecule has 0 aromatic rings. The molecule has 79 heavy (non-hydrogen) atoms. The lowest BCUT2D eigenvalue weighted by atomic mass is 10.0. The maximum absolute atomic E-state index is 12.5. The zero-order valence-electron chi connectivity index (χ0n) is 53.9. The van der Waals surface area contributed by atoms with Crippen molar-refractivity contribution in [3.05, 3.63) is 12.2 Å². The molecule has 0 aromatic heterocycles. The van der Waals surface area contributed by atoms with Crippen LogP contribution in [-0.2, 0) is 14.3 Å². The minimum Gasteiger partial charge on any atom is -0.466 e. The minimum absolute atomic E-state index is 0.0234. The van der Waals surface area contributed by atoms with Crippen molar-refractivity contribution in [2.75, 3.05) is 13.2 Å². The lowest BCUT2D eigenvalue weighted by molar-refractivity contribution is -0.143. The molecule has 1 amide bonds. The summed E-state index contributed by atoms with van der Waals surface area (Å²) in [5.74, 6) is -0.00545. The van der Waals surface area contributed by atoms with E-state index in [2.05, 4.69) is 31.3 Å². The number of aliphatic hydroxyl groups excluding tert-OH is 2. The fourth-order valence-electron chi connectivity index (χ4n) is 11.8. The summed E-state index contributed by atoms with van der Waals surface area (Å²) < 4.78 is 5.50. The second-order valence-corrected chi connectivity index (χ2v) is 25.3. The summed E-state index contributed by atoms with van der Waals surface area (Å²) in [4.78, 5) is 24.6. The molecule has 0 radical (unpaired) electrons. The Labute approximate surface area is 495 Å². The third kappa shape index (κ3) is 65.6. The summed E-state index contributed by atoms with van der Waals surface area (Å²) >= 11 is 0. The highest BCUT2D eigenvalue weighted by atomic mass is 16.5. The van der Waals surface area contributed by atoms with Crippen LogP contribution in [0.5, 0.6) is 0 Å². The van der Waals surface area contributed by atoms with Gasteiger partial charge in [-0.2, -0.15) is 0 Å². The molecule has 0 spiro atoms. The number of allylic oxidation sites excluding steroid dienone is 2. The van der Waals surface area contributed by atoms with Gasteiger partial charge in [-0.3, -0.25) is 9.59 Å². The van der Waals surface area contributed by atoms with Crippen molar-refractivity contribution in [2.24, 2.45) is 0 Å². The molecule has 2 atom stereocenters. The average molecular weight is 1110 g/mol. The van der Waals surface area contributed by atoms with Crippen LogP contribution in [0.15, 0.2) is 12.2 Å². The topological polar surface area (TPSA) is 95.9 Å². The van der Waals surface area contributed by atoms with E-state index in [0.717, 1.165) is 38.5 Å². The summed E-state index contributed by atoms with van der Waals surface area (Å²) in [7, 11) is 0. The Bertz CT molecular complexity index is 1190. The summed E-state index contributed by atoms with van der Waals surface area (Å²) in [5.41, 5.74) is 0. The van der Waals surface area contributed by atoms with E-state index in [4.69, 9.17) is 4.74 Å². The molecule has 0 aromatic carbocycles. The maximum atomic E-state index is 12.5. The number of unbranched alkanes of at least 4 members (excludes halogenated alkanes) is 56. The van der Waals surface area contributed by atoms with Crippen LogP contribution in [0.1, 0.15) is 418 Å². The standard InChI is InChI=1S/C73H143NO5/c1-3-5-7-9-11-13-15-17-43-47-51-55-59-63-67-73(78)79-68-64-60-56-52-48-44-40-38-36-34-32-30-28-26-24-22-20-18-19-21-23-25-27-29-31-33-35-37-39-42-46-50-54-58-62-66-72(77)74-70(69-75)71(76)65-61-57-53-49-45-41-16-14-12-10-8-6-4-2/h20,22,70-71,75-76H,3-19,21,23-69H2,1-2H3,(H,74,77)/b22-20-. The fourth-order valence-corrected chi connectivity index (χ4v) is 11.8. The quantitative estimate of drug-likeness (QED) is 0.0320. The van der Waals surface area contributed by atoms with Crippen molar-refractivity contribution in [3.63, 3.8) is 0 Å². The van der Waals surface area contributed by atoms with Gasteiger partial charge in [0.25, 0.3) is 0 Å². The van der Waals surface area contributed by atoms with Gasteiger partial charge in [0.15, 0.2) is 0 Å². The van der Waals surface area contributed by atoms with Crippen LogP contribution in [0, 0.1) is 0 Å². The highest BCUT2D eigenvalue weighted by molar-refractivity contribution is 5.76. The molecule has 0 rings (SSSR count). The lowest BCUT2D eigenvalue weighted by Gasteiger charge is -2.22. The number of hydrogen-bond donors (Lipinski definition) is 3. The zero-order valence-corrected chi connectivity index (χ0v) is 53.9. The van der Waals surface area contributed by atoms with Gasteiger partial charge in [-0.1, -0.05) is 366 Å². The Morgan fingerprint density at radius 1 is 0.342 bits per heavy atom. The van der Waals surface area contributed by atoms with E-state index in [-0.39, 0.29) is 18.5 Å². The summed E-state index contributed by atoms with van der Waals surface area (Å²) in [6, 6.07) is -0.537. The maximum Gasteiger partial charge on any atom is 0.305 e. The van der Waals surface area contributed by atoms with E-state index in [0.29, 0.717) is 25.9 Å². The predicted molar refractivity (Wildman–Crippen MR) is 347 cm³/mol. The van der Waals surface area contributed by atoms with Gasteiger partial charge >= 0.3 is 5.97 Å². The van der Waals surface area contributed by atoms with Gasteiger partial charge < -0.3 is 20.3 Å². The van der Waals surface area contributed by atoms with Crippen LogP contribution in [0.25, 0.3) is 0 Å². The normalized spacial score (nSPS) is 12.5. The van der Waals surface area contributed by atoms with E-state index in [1.807, 2.05) is 0 Å². The molecule has 0 bridgehead atoms. The third-order valence-corrected chi connectivity index (χ3v) is 17.3. The van der Waals surface area contributed by atoms with Gasteiger partial charge in [0.05, 0.1) is 25.4 Å². The highest BCUT2D eigenvalue weighted by Crippen LogP contribution is 2.19. The number of carbonyl (C=O) groups is 2. The largest absolute Gasteiger partial charge is 0.466 e. The van der Waals surface area contributed by atoms with Gasteiger partial charge in [-0.25, -0.2) is 0 Å². The molecule has 0 heterocycles.